The largest absolute Gasteiger partial charge is 0.388 e. The van der Waals surface area contributed by atoms with E-state index in [0.29, 0.717) is 12.1 Å². The van der Waals surface area contributed by atoms with Crippen LogP contribution in [0.3, 0.4) is 0 Å². The highest BCUT2D eigenvalue weighted by atomic mass is 16.7. The zero-order chi connectivity index (χ0) is 8.44. The Balaban J connectivity index is 2.02. The molecule has 0 unspecified atom stereocenters. The molecule has 66 valence electrons. The molecule has 2 aliphatic heterocycles. The van der Waals surface area contributed by atoms with Gasteiger partial charge in [-0.05, 0) is 13.1 Å². The summed E-state index contributed by atoms with van der Waals surface area (Å²) in [5.41, 5.74) is 0.401. The Hall–Kier alpha value is -0.900. The molecule has 1 N–H and O–H groups in total. The molecule has 0 aromatic rings. The summed E-state index contributed by atoms with van der Waals surface area (Å²) in [5.74, 6) is 0. The van der Waals surface area contributed by atoms with Gasteiger partial charge in [0, 0.05) is 19.3 Å². The normalized spacial score (nSPS) is 26.5. The summed E-state index contributed by atoms with van der Waals surface area (Å²) in [6, 6.07) is 0. The van der Waals surface area contributed by atoms with Gasteiger partial charge in [-0.2, -0.15) is 0 Å². The zero-order valence-corrected chi connectivity index (χ0v) is 6.88. The number of hydrogen-bond acceptors (Lipinski definition) is 4. The molecule has 12 heavy (non-hydrogen) atoms. The second kappa shape index (κ2) is 2.86. The number of aldehydes is 1. The predicted octanol–water partition coefficient (Wildman–Crippen LogP) is 0.0838. The Kier molecular flexibility index (Phi) is 1.84. The molecule has 1 fully saturated rings. The topological polar surface area (TPSA) is 50.7 Å². The third kappa shape index (κ3) is 1.22. The quantitative estimate of drug-likeness (QED) is 0.564. The Bertz CT molecular complexity index is 219. The van der Waals surface area contributed by atoms with Crippen molar-refractivity contribution in [1.29, 1.82) is 0 Å². The van der Waals surface area contributed by atoms with Gasteiger partial charge in [-0.1, -0.05) is 5.16 Å². The van der Waals surface area contributed by atoms with Crippen molar-refractivity contribution < 1.29 is 9.63 Å². The molecule has 2 aliphatic rings. The van der Waals surface area contributed by atoms with E-state index in [0.717, 1.165) is 32.2 Å². The summed E-state index contributed by atoms with van der Waals surface area (Å²) in [7, 11) is 0. The Labute approximate surface area is 71.0 Å². The highest BCUT2D eigenvalue weighted by molar-refractivity contribution is 6.28. The molecule has 0 aliphatic carbocycles. The van der Waals surface area contributed by atoms with E-state index in [1.54, 1.807) is 0 Å². The van der Waals surface area contributed by atoms with Crippen LogP contribution in [0.2, 0.25) is 0 Å². The molecule has 0 amide bonds. The van der Waals surface area contributed by atoms with Gasteiger partial charge in [0.05, 0.1) is 0 Å². The zero-order valence-electron chi connectivity index (χ0n) is 6.88. The third-order valence-corrected chi connectivity index (χ3v) is 2.51. The van der Waals surface area contributed by atoms with E-state index in [9.17, 15) is 4.79 Å². The lowest BCUT2D eigenvalue weighted by Gasteiger charge is -2.30. The van der Waals surface area contributed by atoms with Crippen molar-refractivity contribution in [1.82, 2.24) is 5.32 Å². The first-order valence-corrected chi connectivity index (χ1v) is 4.26. The minimum absolute atomic E-state index is 0.151. The van der Waals surface area contributed by atoms with Crippen molar-refractivity contribution in [2.45, 2.75) is 24.9 Å². The van der Waals surface area contributed by atoms with Crippen LogP contribution in [0.5, 0.6) is 0 Å². The third-order valence-electron chi connectivity index (χ3n) is 2.51. The van der Waals surface area contributed by atoms with Crippen molar-refractivity contribution >= 4 is 12.0 Å². The number of hydrogen-bond donors (Lipinski definition) is 1. The molecule has 0 aromatic heterocycles. The maximum Gasteiger partial charge on any atom is 0.167 e. The standard InChI is InChI=1S/C8H12N2O2/c11-6-7-5-8(12-10-7)1-3-9-4-2-8/h6,9H,1-5H2. The number of nitrogens with one attached hydrogen (secondary N) is 1. The molecular weight excluding hydrogens is 156 g/mol. The van der Waals surface area contributed by atoms with E-state index >= 15 is 0 Å². The summed E-state index contributed by atoms with van der Waals surface area (Å²) in [6.45, 7) is 1.92. The first kappa shape index (κ1) is 7.73. The van der Waals surface area contributed by atoms with Crippen LogP contribution in [0.1, 0.15) is 19.3 Å². The average Bonchev–Trinajstić information content (AvgIpc) is 2.50. The van der Waals surface area contributed by atoms with E-state index in [2.05, 4.69) is 10.5 Å². The highest BCUT2D eigenvalue weighted by Gasteiger charge is 2.39. The lowest BCUT2D eigenvalue weighted by atomic mass is 9.88. The van der Waals surface area contributed by atoms with Crippen molar-refractivity contribution in [3.05, 3.63) is 0 Å². The molecule has 1 spiro atoms. The first-order valence-electron chi connectivity index (χ1n) is 4.26. The fourth-order valence-corrected chi connectivity index (χ4v) is 1.76. The number of carbonyl (C=O) groups is 1. The molecular formula is C8H12N2O2. The molecule has 4 nitrogen and oxygen atoms in total. The van der Waals surface area contributed by atoms with Crippen molar-refractivity contribution in [2.24, 2.45) is 5.16 Å². The van der Waals surface area contributed by atoms with Crippen LogP contribution in [0.4, 0.5) is 0 Å². The van der Waals surface area contributed by atoms with Crippen molar-refractivity contribution in [2.75, 3.05) is 13.1 Å². The fraction of sp³-hybridized carbons (Fsp3) is 0.750. The molecule has 0 saturated carbocycles. The number of rotatable bonds is 1. The van der Waals surface area contributed by atoms with Crippen molar-refractivity contribution in [3.8, 4) is 0 Å². The summed E-state index contributed by atoms with van der Waals surface area (Å²) in [4.78, 5) is 15.7. The van der Waals surface area contributed by atoms with Gasteiger partial charge in [-0.3, -0.25) is 4.79 Å². The maximum absolute atomic E-state index is 10.4. The first-order chi connectivity index (χ1) is 5.85. The molecule has 2 rings (SSSR count). The van der Waals surface area contributed by atoms with Crippen LogP contribution in [0.15, 0.2) is 5.16 Å². The van der Waals surface area contributed by atoms with Crippen molar-refractivity contribution in [3.63, 3.8) is 0 Å². The summed E-state index contributed by atoms with van der Waals surface area (Å²) in [5, 5.41) is 7.00. The number of piperidine rings is 1. The van der Waals surface area contributed by atoms with Crippen LogP contribution < -0.4 is 5.32 Å². The van der Waals surface area contributed by atoms with E-state index in [1.165, 1.54) is 0 Å². The number of oxime groups is 1. The fourth-order valence-electron chi connectivity index (χ4n) is 1.76. The van der Waals surface area contributed by atoms with Gasteiger partial charge >= 0.3 is 0 Å². The average molecular weight is 168 g/mol. The monoisotopic (exact) mass is 168 g/mol. The maximum atomic E-state index is 10.4. The van der Waals surface area contributed by atoms with E-state index in [4.69, 9.17) is 4.84 Å². The Morgan fingerprint density at radius 3 is 2.83 bits per heavy atom. The Morgan fingerprint density at radius 1 is 1.50 bits per heavy atom. The molecule has 0 bridgehead atoms. The van der Waals surface area contributed by atoms with Crippen LogP contribution in [-0.2, 0) is 9.63 Å². The van der Waals surface area contributed by atoms with Gasteiger partial charge in [0.25, 0.3) is 0 Å². The van der Waals surface area contributed by atoms with Crippen LogP contribution in [0.25, 0.3) is 0 Å². The second-order valence-corrected chi connectivity index (χ2v) is 3.40. The summed E-state index contributed by atoms with van der Waals surface area (Å²) < 4.78 is 0. The lowest BCUT2D eigenvalue weighted by molar-refractivity contribution is -0.102. The van der Waals surface area contributed by atoms with Crippen LogP contribution in [-0.4, -0.2) is 30.7 Å². The molecule has 4 heteroatoms. The minimum Gasteiger partial charge on any atom is -0.388 e. The lowest BCUT2D eigenvalue weighted by Crippen LogP contribution is -2.42. The van der Waals surface area contributed by atoms with E-state index in [1.807, 2.05) is 0 Å². The van der Waals surface area contributed by atoms with Gasteiger partial charge in [-0.15, -0.1) is 0 Å². The smallest absolute Gasteiger partial charge is 0.167 e. The van der Waals surface area contributed by atoms with Gasteiger partial charge in [0.1, 0.15) is 11.3 Å². The Morgan fingerprint density at radius 2 is 2.25 bits per heavy atom. The van der Waals surface area contributed by atoms with Gasteiger partial charge < -0.3 is 10.2 Å². The highest BCUT2D eigenvalue weighted by Crippen LogP contribution is 2.31. The van der Waals surface area contributed by atoms with E-state index in [-0.39, 0.29) is 5.60 Å². The van der Waals surface area contributed by atoms with Gasteiger partial charge in [0.15, 0.2) is 6.29 Å². The molecule has 0 aromatic carbocycles. The minimum atomic E-state index is -0.151. The van der Waals surface area contributed by atoms with Crippen LogP contribution >= 0.6 is 0 Å². The number of nitrogens with zero attached hydrogens (tertiary/aromatic N) is 1. The van der Waals surface area contributed by atoms with Gasteiger partial charge in [0.2, 0.25) is 0 Å². The summed E-state index contributed by atoms with van der Waals surface area (Å²) in [6.07, 6.45) is 3.39. The second-order valence-electron chi connectivity index (χ2n) is 3.40. The van der Waals surface area contributed by atoms with E-state index < -0.39 is 0 Å². The van der Waals surface area contributed by atoms with Crippen LogP contribution in [0, 0.1) is 0 Å². The number of carbonyl (C=O) groups excluding carboxylic acids is 1. The molecule has 0 radical (unpaired) electrons. The molecule has 1 saturated heterocycles. The predicted molar refractivity (Wildman–Crippen MR) is 44.0 cm³/mol. The summed E-state index contributed by atoms with van der Waals surface area (Å²) >= 11 is 0. The molecule has 0 atom stereocenters. The SMILES string of the molecule is O=CC1=NOC2(CCNCC2)C1. The van der Waals surface area contributed by atoms with Gasteiger partial charge in [-0.25, -0.2) is 0 Å². The molecule has 2 heterocycles.